The minimum absolute atomic E-state index is 0.0609. The van der Waals surface area contributed by atoms with Crippen molar-refractivity contribution in [2.24, 2.45) is 0 Å². The normalized spacial score (nSPS) is 11.6. The second kappa shape index (κ2) is 5.82. The van der Waals surface area contributed by atoms with Crippen LogP contribution in [0.15, 0.2) is 18.2 Å². The highest BCUT2D eigenvalue weighted by Crippen LogP contribution is 2.15. The molecule has 0 saturated carbocycles. The lowest BCUT2D eigenvalue weighted by molar-refractivity contribution is -0.147. The van der Waals surface area contributed by atoms with Gasteiger partial charge in [0, 0.05) is 7.11 Å². The van der Waals surface area contributed by atoms with E-state index >= 15 is 0 Å². The maximum absolute atomic E-state index is 13.4. The van der Waals surface area contributed by atoms with Gasteiger partial charge in [0.2, 0.25) is 0 Å². The predicted molar refractivity (Wildman–Crippen MR) is 58.0 cm³/mol. The first kappa shape index (κ1) is 12.9. The van der Waals surface area contributed by atoms with Gasteiger partial charge in [-0.05, 0) is 18.2 Å². The fourth-order valence-corrected chi connectivity index (χ4v) is 1.20. The zero-order chi connectivity index (χ0) is 12.8. The highest BCUT2D eigenvalue weighted by atomic mass is 19.1. The van der Waals surface area contributed by atoms with Crippen molar-refractivity contribution in [3.63, 3.8) is 0 Å². The van der Waals surface area contributed by atoms with Crippen molar-refractivity contribution in [2.75, 3.05) is 19.0 Å². The first-order valence-electron chi connectivity index (χ1n) is 4.77. The van der Waals surface area contributed by atoms with Crippen molar-refractivity contribution in [2.45, 2.75) is 6.10 Å². The van der Waals surface area contributed by atoms with E-state index in [1.807, 2.05) is 0 Å². The van der Waals surface area contributed by atoms with Crippen LogP contribution in [0.1, 0.15) is 5.56 Å². The second-order valence-electron chi connectivity index (χ2n) is 3.25. The zero-order valence-electron chi connectivity index (χ0n) is 9.11. The summed E-state index contributed by atoms with van der Waals surface area (Å²) in [5.41, 5.74) is 0.335. The summed E-state index contributed by atoms with van der Waals surface area (Å²) in [6, 6.07) is 5.69. The van der Waals surface area contributed by atoms with Crippen LogP contribution < -0.4 is 5.32 Å². The number of aliphatic carboxylic acids is 1. The number of carboxylic acids is 1. The Morgan fingerprint density at radius 2 is 2.41 bits per heavy atom. The Hall–Kier alpha value is -2.13. The predicted octanol–water partition coefficient (Wildman–Crippen LogP) is 1.21. The van der Waals surface area contributed by atoms with Gasteiger partial charge in [0.05, 0.1) is 23.9 Å². The van der Waals surface area contributed by atoms with E-state index in [9.17, 15) is 9.18 Å². The van der Waals surface area contributed by atoms with Crippen LogP contribution in [0.4, 0.5) is 10.1 Å². The van der Waals surface area contributed by atoms with Gasteiger partial charge in [-0.3, -0.25) is 0 Å². The molecule has 5 nitrogen and oxygen atoms in total. The molecule has 1 rings (SSSR count). The Morgan fingerprint density at radius 3 is 2.88 bits per heavy atom. The number of nitriles is 1. The molecule has 0 spiro atoms. The number of hydrogen-bond acceptors (Lipinski definition) is 4. The van der Waals surface area contributed by atoms with Crippen molar-refractivity contribution >= 4 is 11.7 Å². The summed E-state index contributed by atoms with van der Waals surface area (Å²) < 4.78 is 18.1. The van der Waals surface area contributed by atoms with Crippen molar-refractivity contribution in [1.29, 1.82) is 5.26 Å². The minimum atomic E-state index is -1.13. The molecule has 6 heteroatoms. The third-order valence-electron chi connectivity index (χ3n) is 2.14. The summed E-state index contributed by atoms with van der Waals surface area (Å²) in [6.07, 6.45) is -1.05. The molecule has 0 radical (unpaired) electrons. The van der Waals surface area contributed by atoms with Gasteiger partial charge < -0.3 is 15.2 Å². The number of hydrogen-bond donors (Lipinski definition) is 2. The summed E-state index contributed by atoms with van der Waals surface area (Å²) in [4.78, 5) is 10.6. The van der Waals surface area contributed by atoms with Gasteiger partial charge in [-0.2, -0.15) is 5.26 Å². The van der Waals surface area contributed by atoms with E-state index in [1.165, 1.54) is 19.2 Å². The number of methoxy groups -OCH3 is 1. The van der Waals surface area contributed by atoms with E-state index < -0.39 is 17.9 Å². The molecular formula is C11H11FN2O3. The molecule has 0 aliphatic rings. The average molecular weight is 238 g/mol. The van der Waals surface area contributed by atoms with Crippen LogP contribution in [-0.2, 0) is 9.53 Å². The van der Waals surface area contributed by atoms with Gasteiger partial charge >= 0.3 is 5.97 Å². The van der Waals surface area contributed by atoms with Gasteiger partial charge in [-0.15, -0.1) is 0 Å². The maximum atomic E-state index is 13.4. The molecule has 0 fully saturated rings. The monoisotopic (exact) mass is 238 g/mol. The van der Waals surface area contributed by atoms with E-state index in [2.05, 4.69) is 10.1 Å². The maximum Gasteiger partial charge on any atom is 0.334 e. The number of ether oxygens (including phenoxy) is 1. The first-order valence-corrected chi connectivity index (χ1v) is 4.77. The molecule has 0 aromatic heterocycles. The largest absolute Gasteiger partial charge is 0.479 e. The summed E-state index contributed by atoms with van der Waals surface area (Å²) in [5.74, 6) is -1.74. The molecule has 0 aliphatic carbocycles. The van der Waals surface area contributed by atoms with Crippen molar-refractivity contribution < 1.29 is 19.0 Å². The highest BCUT2D eigenvalue weighted by Gasteiger charge is 2.16. The zero-order valence-corrected chi connectivity index (χ0v) is 9.11. The molecule has 0 heterocycles. The lowest BCUT2D eigenvalue weighted by Crippen LogP contribution is -2.30. The Bertz CT molecular complexity index is 457. The van der Waals surface area contributed by atoms with Gasteiger partial charge in [-0.1, -0.05) is 0 Å². The molecule has 17 heavy (non-hydrogen) atoms. The summed E-state index contributed by atoms with van der Waals surface area (Å²) in [7, 11) is 1.26. The molecule has 0 aliphatic heterocycles. The molecule has 1 unspecified atom stereocenters. The topological polar surface area (TPSA) is 82.3 Å². The van der Waals surface area contributed by atoms with Crippen LogP contribution in [-0.4, -0.2) is 30.8 Å². The molecule has 0 bridgehead atoms. The van der Waals surface area contributed by atoms with E-state index in [4.69, 9.17) is 10.4 Å². The van der Waals surface area contributed by atoms with Crippen LogP contribution in [0.2, 0.25) is 0 Å². The van der Waals surface area contributed by atoms with Crippen LogP contribution in [0, 0.1) is 17.1 Å². The van der Waals surface area contributed by atoms with Crippen molar-refractivity contribution in [3.05, 3.63) is 29.6 Å². The number of rotatable bonds is 5. The molecule has 1 aromatic carbocycles. The smallest absolute Gasteiger partial charge is 0.334 e. The highest BCUT2D eigenvalue weighted by molar-refractivity contribution is 5.73. The quantitative estimate of drug-likeness (QED) is 0.805. The molecule has 2 N–H and O–H groups in total. The number of nitrogens with one attached hydrogen (secondary N) is 1. The fraction of sp³-hybridized carbons (Fsp3) is 0.273. The van der Waals surface area contributed by atoms with Crippen molar-refractivity contribution in [1.82, 2.24) is 0 Å². The van der Waals surface area contributed by atoms with E-state index in [0.717, 1.165) is 6.07 Å². The summed E-state index contributed by atoms with van der Waals surface area (Å²) >= 11 is 0. The lowest BCUT2D eigenvalue weighted by Gasteiger charge is -2.12. The van der Waals surface area contributed by atoms with Crippen LogP contribution in [0.25, 0.3) is 0 Å². The molecule has 1 aromatic rings. The number of carbonyl (C=O) groups is 1. The van der Waals surface area contributed by atoms with Gasteiger partial charge in [0.1, 0.15) is 5.82 Å². The Kier molecular flexibility index (Phi) is 4.43. The Labute approximate surface area is 97.4 Å². The van der Waals surface area contributed by atoms with Gasteiger partial charge in [0.15, 0.2) is 6.10 Å². The number of anilines is 1. The second-order valence-corrected chi connectivity index (χ2v) is 3.25. The standard InChI is InChI=1S/C11H11FN2O3/c1-17-10(11(15)16)6-14-9-3-2-7(5-13)4-8(9)12/h2-4,10,14H,6H2,1H3,(H,15,16). The summed E-state index contributed by atoms with van der Waals surface area (Å²) in [6.45, 7) is -0.0609. The van der Waals surface area contributed by atoms with Gasteiger partial charge in [0.25, 0.3) is 0 Å². The Morgan fingerprint density at radius 1 is 1.71 bits per heavy atom. The number of benzene rings is 1. The van der Waals surface area contributed by atoms with Gasteiger partial charge in [-0.25, -0.2) is 9.18 Å². The van der Waals surface area contributed by atoms with E-state index in [1.54, 1.807) is 6.07 Å². The number of carboxylic acid groups (broad SMARTS) is 1. The lowest BCUT2D eigenvalue weighted by atomic mass is 10.2. The SMILES string of the molecule is COC(CNc1ccc(C#N)cc1F)C(=O)O. The molecule has 0 amide bonds. The fourth-order valence-electron chi connectivity index (χ4n) is 1.20. The average Bonchev–Trinajstić information content (AvgIpc) is 2.31. The summed E-state index contributed by atoms with van der Waals surface area (Å²) in [5, 5.41) is 19.9. The molecule has 90 valence electrons. The molecular weight excluding hydrogens is 227 g/mol. The third kappa shape index (κ3) is 3.43. The van der Waals surface area contributed by atoms with E-state index in [0.29, 0.717) is 0 Å². The Balaban J connectivity index is 2.70. The first-order chi connectivity index (χ1) is 8.08. The minimum Gasteiger partial charge on any atom is -0.479 e. The third-order valence-corrected chi connectivity index (χ3v) is 2.14. The van der Waals surface area contributed by atoms with Crippen LogP contribution in [0.3, 0.4) is 0 Å². The van der Waals surface area contributed by atoms with E-state index in [-0.39, 0.29) is 17.8 Å². The molecule has 0 saturated heterocycles. The van der Waals surface area contributed by atoms with Crippen molar-refractivity contribution in [3.8, 4) is 6.07 Å². The van der Waals surface area contributed by atoms with Crippen LogP contribution in [0.5, 0.6) is 0 Å². The number of halogens is 1. The van der Waals surface area contributed by atoms with Crippen LogP contribution >= 0.6 is 0 Å². The number of nitrogens with zero attached hydrogens (tertiary/aromatic N) is 1. The molecule has 1 atom stereocenters.